The Morgan fingerprint density at radius 1 is 1.15 bits per heavy atom. The van der Waals surface area contributed by atoms with Crippen LogP contribution in [0.25, 0.3) is 11.3 Å². The maximum atomic E-state index is 12.1. The minimum Gasteiger partial charge on any atom is -0.342 e. The number of nitrogens with zero attached hydrogens (tertiary/aromatic N) is 1. The van der Waals surface area contributed by atoms with Crippen molar-refractivity contribution in [3.8, 4) is 11.3 Å². The van der Waals surface area contributed by atoms with E-state index in [4.69, 9.17) is 0 Å². The lowest BCUT2D eigenvalue weighted by Crippen LogP contribution is -2.32. The first-order chi connectivity index (χ1) is 12.5. The highest BCUT2D eigenvalue weighted by molar-refractivity contribution is 7.13. The van der Waals surface area contributed by atoms with E-state index in [2.05, 4.69) is 20.8 Å². The second-order valence-corrected chi connectivity index (χ2v) is 6.82. The zero-order valence-corrected chi connectivity index (χ0v) is 14.7. The molecule has 2 aromatic heterocycles. The first kappa shape index (κ1) is 17.6. The van der Waals surface area contributed by atoms with E-state index < -0.39 is 0 Å². The Labute approximate surface area is 153 Å². The number of rotatable bonds is 5. The van der Waals surface area contributed by atoms with Gasteiger partial charge in [-0.05, 0) is 37.3 Å². The molecule has 0 saturated carbocycles. The van der Waals surface area contributed by atoms with Gasteiger partial charge < -0.3 is 10.6 Å². The Balaban J connectivity index is 1.60. The Kier molecular flexibility index (Phi) is 5.23. The Morgan fingerprint density at radius 3 is 2.69 bits per heavy atom. The number of thiophene rings is 1. The Morgan fingerprint density at radius 2 is 2.00 bits per heavy atom. The Hall–Kier alpha value is -3.26. The summed E-state index contributed by atoms with van der Waals surface area (Å²) in [6, 6.07) is 13.6. The molecule has 132 valence electrons. The lowest BCUT2D eigenvalue weighted by molar-refractivity contribution is -0.115. The van der Waals surface area contributed by atoms with Gasteiger partial charge in [-0.1, -0.05) is 12.1 Å². The first-order valence-corrected chi connectivity index (χ1v) is 8.63. The van der Waals surface area contributed by atoms with Crippen molar-refractivity contribution in [1.82, 2.24) is 15.5 Å². The van der Waals surface area contributed by atoms with Crippen LogP contribution in [0.15, 0.2) is 53.3 Å². The van der Waals surface area contributed by atoms with Crippen LogP contribution in [0.5, 0.6) is 0 Å². The smallest absolute Gasteiger partial charge is 0.264 e. The molecule has 3 aromatic rings. The van der Waals surface area contributed by atoms with Crippen LogP contribution in [-0.2, 0) is 4.79 Å². The van der Waals surface area contributed by atoms with E-state index in [1.807, 2.05) is 19.1 Å². The fourth-order valence-corrected chi connectivity index (χ4v) is 3.05. The highest BCUT2D eigenvalue weighted by Gasteiger charge is 2.10. The number of carbonyl (C=O) groups is 2. The van der Waals surface area contributed by atoms with Crippen molar-refractivity contribution in [2.75, 3.05) is 11.9 Å². The number of anilines is 1. The fraction of sp³-hybridized carbons (Fsp3) is 0.111. The summed E-state index contributed by atoms with van der Waals surface area (Å²) in [4.78, 5) is 36.7. The molecule has 26 heavy (non-hydrogen) atoms. The van der Waals surface area contributed by atoms with Gasteiger partial charge in [-0.3, -0.25) is 14.4 Å². The third-order valence-corrected chi connectivity index (χ3v) is 4.49. The average Bonchev–Trinajstić information content (AvgIpc) is 3.07. The lowest BCUT2D eigenvalue weighted by atomic mass is 10.1. The molecule has 3 rings (SSSR count). The van der Waals surface area contributed by atoms with E-state index in [0.29, 0.717) is 16.3 Å². The normalized spacial score (nSPS) is 10.3. The van der Waals surface area contributed by atoms with Crippen molar-refractivity contribution in [3.63, 3.8) is 0 Å². The van der Waals surface area contributed by atoms with Crippen LogP contribution in [0.1, 0.15) is 14.5 Å². The molecule has 0 spiro atoms. The number of amides is 2. The van der Waals surface area contributed by atoms with E-state index in [0.717, 1.165) is 10.4 Å². The average molecular weight is 368 g/mol. The van der Waals surface area contributed by atoms with E-state index in [1.54, 1.807) is 30.3 Å². The number of aromatic nitrogens is 2. The molecule has 0 fully saturated rings. The molecule has 0 unspecified atom stereocenters. The minimum atomic E-state index is -0.335. The Bertz CT molecular complexity index is 989. The molecule has 0 atom stereocenters. The third-order valence-electron chi connectivity index (χ3n) is 3.49. The fourth-order valence-electron chi connectivity index (χ4n) is 2.27. The van der Waals surface area contributed by atoms with Crippen LogP contribution in [0.2, 0.25) is 0 Å². The number of aryl methyl sites for hydroxylation is 1. The molecule has 2 heterocycles. The summed E-state index contributed by atoms with van der Waals surface area (Å²) in [5.74, 6) is -0.609. The van der Waals surface area contributed by atoms with E-state index in [-0.39, 0.29) is 23.9 Å². The summed E-state index contributed by atoms with van der Waals surface area (Å²) in [6.45, 7) is 1.79. The monoisotopic (exact) mass is 368 g/mol. The summed E-state index contributed by atoms with van der Waals surface area (Å²) in [5, 5.41) is 11.6. The third kappa shape index (κ3) is 4.42. The van der Waals surface area contributed by atoms with Crippen LogP contribution in [0.3, 0.4) is 0 Å². The van der Waals surface area contributed by atoms with Gasteiger partial charge in [0, 0.05) is 22.2 Å². The van der Waals surface area contributed by atoms with Crippen molar-refractivity contribution in [3.05, 3.63) is 68.6 Å². The predicted molar refractivity (Wildman–Crippen MR) is 100 cm³/mol. The summed E-state index contributed by atoms with van der Waals surface area (Å²) in [5.41, 5.74) is 1.62. The van der Waals surface area contributed by atoms with Gasteiger partial charge in [-0.25, -0.2) is 5.10 Å². The van der Waals surface area contributed by atoms with Crippen molar-refractivity contribution in [1.29, 1.82) is 0 Å². The zero-order chi connectivity index (χ0) is 18.5. The van der Waals surface area contributed by atoms with E-state index in [1.165, 1.54) is 17.4 Å². The molecular formula is C18H16N4O3S. The van der Waals surface area contributed by atoms with Gasteiger partial charge in [0.25, 0.3) is 11.5 Å². The first-order valence-electron chi connectivity index (χ1n) is 7.82. The number of aromatic amines is 1. The number of carbonyl (C=O) groups excluding carboxylic acids is 2. The molecule has 0 aliphatic heterocycles. The molecule has 2 amide bonds. The summed E-state index contributed by atoms with van der Waals surface area (Å²) in [6.07, 6.45) is 0. The van der Waals surface area contributed by atoms with Crippen molar-refractivity contribution < 1.29 is 9.59 Å². The van der Waals surface area contributed by atoms with Crippen LogP contribution >= 0.6 is 11.3 Å². The molecule has 0 aliphatic carbocycles. The van der Waals surface area contributed by atoms with Gasteiger partial charge in [-0.15, -0.1) is 11.3 Å². The molecule has 8 heteroatoms. The van der Waals surface area contributed by atoms with Gasteiger partial charge in [-0.2, -0.15) is 5.10 Å². The molecule has 1 aromatic carbocycles. The molecule has 0 radical (unpaired) electrons. The number of H-pyrrole nitrogens is 1. The van der Waals surface area contributed by atoms with Gasteiger partial charge >= 0.3 is 0 Å². The van der Waals surface area contributed by atoms with Gasteiger partial charge in [0.05, 0.1) is 17.1 Å². The van der Waals surface area contributed by atoms with Crippen LogP contribution in [-0.4, -0.2) is 28.6 Å². The number of hydrogen-bond donors (Lipinski definition) is 3. The second-order valence-electron chi connectivity index (χ2n) is 5.53. The highest BCUT2D eigenvalue weighted by atomic mass is 32.1. The predicted octanol–water partition coefficient (Wildman–Crippen LogP) is 2.18. The number of hydrogen-bond acceptors (Lipinski definition) is 5. The van der Waals surface area contributed by atoms with Crippen LogP contribution in [0.4, 0.5) is 5.69 Å². The largest absolute Gasteiger partial charge is 0.342 e. The molecule has 0 bridgehead atoms. The molecule has 3 N–H and O–H groups in total. The van der Waals surface area contributed by atoms with Gasteiger partial charge in [0.1, 0.15) is 0 Å². The molecule has 7 nitrogen and oxygen atoms in total. The van der Waals surface area contributed by atoms with Gasteiger partial charge in [0.2, 0.25) is 5.91 Å². The summed E-state index contributed by atoms with van der Waals surface area (Å²) in [7, 11) is 0. The number of benzene rings is 1. The second kappa shape index (κ2) is 7.75. The quantitative estimate of drug-likeness (QED) is 0.642. The maximum absolute atomic E-state index is 12.1. The minimum absolute atomic E-state index is 0.128. The van der Waals surface area contributed by atoms with Crippen LogP contribution < -0.4 is 16.2 Å². The number of nitrogens with one attached hydrogen (secondary N) is 3. The van der Waals surface area contributed by atoms with Crippen molar-refractivity contribution in [2.45, 2.75) is 6.92 Å². The highest BCUT2D eigenvalue weighted by Crippen LogP contribution is 2.19. The lowest BCUT2D eigenvalue weighted by Gasteiger charge is -2.08. The summed E-state index contributed by atoms with van der Waals surface area (Å²) < 4.78 is 0. The van der Waals surface area contributed by atoms with Gasteiger partial charge in [0.15, 0.2) is 0 Å². The molecular weight excluding hydrogens is 352 g/mol. The molecule has 0 saturated heterocycles. The standard InChI is InChI=1S/C18H16N4O3S/c1-11-5-7-15(26-11)18(25)19-10-17(24)20-13-4-2-3-12(9-13)14-6-8-16(23)22-21-14/h2-9H,10H2,1H3,(H,19,25)(H,20,24)(H,22,23). The molecule has 0 aliphatic rings. The van der Waals surface area contributed by atoms with Crippen molar-refractivity contribution >= 4 is 28.8 Å². The van der Waals surface area contributed by atoms with Crippen molar-refractivity contribution in [2.24, 2.45) is 0 Å². The zero-order valence-electron chi connectivity index (χ0n) is 13.9. The summed E-state index contributed by atoms with van der Waals surface area (Å²) >= 11 is 1.38. The maximum Gasteiger partial charge on any atom is 0.264 e. The van der Waals surface area contributed by atoms with Crippen LogP contribution in [0, 0.1) is 6.92 Å². The SMILES string of the molecule is Cc1ccc(C(=O)NCC(=O)Nc2cccc(-c3ccc(=O)[nH]n3)c2)s1. The van der Waals surface area contributed by atoms with E-state index >= 15 is 0 Å². The topological polar surface area (TPSA) is 104 Å². The van der Waals surface area contributed by atoms with E-state index in [9.17, 15) is 14.4 Å².